The molecule has 0 bridgehead atoms. The molecule has 0 saturated carbocycles. The molecule has 1 N–H and O–H groups in total. The van der Waals surface area contributed by atoms with E-state index in [-0.39, 0.29) is 29.9 Å². The molecular weight excluding hydrogens is 353 g/mol. The molecule has 1 aromatic carbocycles. The van der Waals surface area contributed by atoms with E-state index in [1.54, 1.807) is 23.9 Å². The minimum Gasteiger partial charge on any atom is -0.494 e. The fourth-order valence-corrected chi connectivity index (χ4v) is 3.33. The number of rotatable bonds is 5. The number of methoxy groups -OCH3 is 1. The molecule has 1 saturated heterocycles. The van der Waals surface area contributed by atoms with Crippen molar-refractivity contribution >= 4 is 11.7 Å². The molecule has 1 aliphatic heterocycles. The zero-order valence-corrected chi connectivity index (χ0v) is 15.7. The number of aliphatic hydroxyl groups excluding tert-OH is 1. The van der Waals surface area contributed by atoms with Gasteiger partial charge in [0.05, 0.1) is 7.11 Å². The third-order valence-electron chi connectivity index (χ3n) is 4.79. The smallest absolute Gasteiger partial charge is 0.261 e. The van der Waals surface area contributed by atoms with Crippen molar-refractivity contribution in [3.8, 4) is 17.1 Å². The summed E-state index contributed by atoms with van der Waals surface area (Å²) in [6.07, 6.45) is 1.73. The Hall–Kier alpha value is -2.61. The summed E-state index contributed by atoms with van der Waals surface area (Å²) < 4.78 is 24.3. The van der Waals surface area contributed by atoms with E-state index in [2.05, 4.69) is 5.16 Å². The number of aliphatic hydroxyl groups is 1. The lowest BCUT2D eigenvalue weighted by Crippen LogP contribution is -2.41. The second-order valence-electron chi connectivity index (χ2n) is 6.90. The van der Waals surface area contributed by atoms with E-state index in [1.807, 2.05) is 0 Å². The molecule has 0 aliphatic carbocycles. The average Bonchev–Trinajstić information content (AvgIpc) is 3.13. The largest absolute Gasteiger partial charge is 0.494 e. The summed E-state index contributed by atoms with van der Waals surface area (Å²) >= 11 is 0. The van der Waals surface area contributed by atoms with Gasteiger partial charge in [0.15, 0.2) is 23.1 Å². The number of carbonyl (C=O) groups is 1. The van der Waals surface area contributed by atoms with Gasteiger partial charge in [-0.05, 0) is 37.0 Å². The molecular formula is C19H24FN3O4. The molecule has 7 nitrogen and oxygen atoms in total. The van der Waals surface area contributed by atoms with Crippen molar-refractivity contribution in [1.82, 2.24) is 10.1 Å². The second kappa shape index (κ2) is 7.96. The maximum absolute atomic E-state index is 13.8. The lowest BCUT2D eigenvalue weighted by molar-refractivity contribution is 0.0621. The molecule has 2 aromatic rings. The van der Waals surface area contributed by atoms with Crippen LogP contribution in [0, 0.1) is 11.7 Å². The van der Waals surface area contributed by atoms with Gasteiger partial charge in [-0.3, -0.25) is 4.79 Å². The van der Waals surface area contributed by atoms with Crippen LogP contribution in [0.15, 0.2) is 22.7 Å². The molecule has 2 heterocycles. The molecule has 1 aliphatic rings. The maximum Gasteiger partial charge on any atom is 0.261 e. The Bertz CT molecular complexity index is 821. The van der Waals surface area contributed by atoms with Crippen LogP contribution in [0.3, 0.4) is 0 Å². The number of benzene rings is 1. The average molecular weight is 377 g/mol. The van der Waals surface area contributed by atoms with Gasteiger partial charge < -0.3 is 24.2 Å². The van der Waals surface area contributed by atoms with Crippen LogP contribution in [0.5, 0.6) is 5.75 Å². The van der Waals surface area contributed by atoms with Gasteiger partial charge in [-0.25, -0.2) is 4.39 Å². The molecule has 3 rings (SSSR count). The number of carbonyl (C=O) groups excluding carboxylic acids is 1. The Labute approximate surface area is 157 Å². The standard InChI is InChI=1S/C19H24FN3O4/c1-22(2)18-16(19(25)23-8-4-5-12(10-23)11-24)17(27-21-18)13-6-7-14(20)15(9-13)26-3/h6-7,9,12,24H,4-5,8,10-11H2,1-3H3. The molecule has 1 aromatic heterocycles. The van der Waals surface area contributed by atoms with Crippen LogP contribution in [0.25, 0.3) is 11.3 Å². The summed E-state index contributed by atoms with van der Waals surface area (Å²) in [6.45, 7) is 1.15. The Kier molecular flexibility index (Phi) is 5.65. The van der Waals surface area contributed by atoms with Gasteiger partial charge in [0, 0.05) is 39.4 Å². The molecule has 1 fully saturated rings. The van der Waals surface area contributed by atoms with E-state index in [0.717, 1.165) is 12.8 Å². The number of anilines is 1. The van der Waals surface area contributed by atoms with E-state index < -0.39 is 5.82 Å². The first kappa shape index (κ1) is 19.2. The van der Waals surface area contributed by atoms with Gasteiger partial charge >= 0.3 is 0 Å². The van der Waals surface area contributed by atoms with Gasteiger partial charge in [0.2, 0.25) is 0 Å². The number of aromatic nitrogens is 1. The summed E-state index contributed by atoms with van der Waals surface area (Å²) in [7, 11) is 4.93. The van der Waals surface area contributed by atoms with Crippen molar-refractivity contribution in [2.45, 2.75) is 12.8 Å². The fraction of sp³-hybridized carbons (Fsp3) is 0.474. The van der Waals surface area contributed by atoms with E-state index in [0.29, 0.717) is 30.0 Å². The zero-order chi connectivity index (χ0) is 19.6. The highest BCUT2D eigenvalue weighted by molar-refractivity contribution is 6.04. The monoisotopic (exact) mass is 377 g/mol. The van der Waals surface area contributed by atoms with Crippen LogP contribution in [-0.4, -0.2) is 62.0 Å². The molecule has 146 valence electrons. The zero-order valence-electron chi connectivity index (χ0n) is 15.7. The highest BCUT2D eigenvalue weighted by Gasteiger charge is 2.32. The first-order chi connectivity index (χ1) is 13.0. The Morgan fingerprint density at radius 2 is 2.26 bits per heavy atom. The van der Waals surface area contributed by atoms with E-state index in [1.165, 1.54) is 25.3 Å². The summed E-state index contributed by atoms with van der Waals surface area (Å²) in [5.41, 5.74) is 0.833. The van der Waals surface area contributed by atoms with Crippen molar-refractivity contribution in [3.63, 3.8) is 0 Å². The molecule has 8 heteroatoms. The van der Waals surface area contributed by atoms with Gasteiger partial charge in [0.25, 0.3) is 5.91 Å². The van der Waals surface area contributed by atoms with Crippen LogP contribution < -0.4 is 9.64 Å². The van der Waals surface area contributed by atoms with Gasteiger partial charge in [-0.15, -0.1) is 0 Å². The number of ether oxygens (including phenoxy) is 1. The predicted octanol–water partition coefficient (Wildman–Crippen LogP) is 2.40. The lowest BCUT2D eigenvalue weighted by atomic mass is 9.98. The Morgan fingerprint density at radius 3 is 2.93 bits per heavy atom. The second-order valence-corrected chi connectivity index (χ2v) is 6.90. The number of nitrogens with zero attached hydrogens (tertiary/aromatic N) is 3. The van der Waals surface area contributed by atoms with E-state index in [9.17, 15) is 14.3 Å². The SMILES string of the molecule is COc1cc(-c2onc(N(C)C)c2C(=O)N2CCCC(CO)C2)ccc1F. The molecule has 27 heavy (non-hydrogen) atoms. The minimum absolute atomic E-state index is 0.0516. The number of hydrogen-bond donors (Lipinski definition) is 1. The van der Waals surface area contributed by atoms with Crippen LogP contribution in [0.1, 0.15) is 23.2 Å². The van der Waals surface area contributed by atoms with Gasteiger partial charge in [-0.2, -0.15) is 0 Å². The first-order valence-electron chi connectivity index (χ1n) is 8.87. The van der Waals surface area contributed by atoms with Crippen molar-refractivity contribution < 1.29 is 23.6 Å². The first-order valence-corrected chi connectivity index (χ1v) is 8.87. The summed E-state index contributed by atoms with van der Waals surface area (Å²) in [5, 5.41) is 13.5. The third kappa shape index (κ3) is 3.75. The van der Waals surface area contributed by atoms with Crippen molar-refractivity contribution in [3.05, 3.63) is 29.6 Å². The normalized spacial score (nSPS) is 17.1. The van der Waals surface area contributed by atoms with Crippen LogP contribution in [0.2, 0.25) is 0 Å². The number of halogens is 1. The summed E-state index contributed by atoms with van der Waals surface area (Å²) in [5.74, 6) is 0.101. The van der Waals surface area contributed by atoms with E-state index >= 15 is 0 Å². The minimum atomic E-state index is -0.497. The molecule has 0 radical (unpaired) electrons. The predicted molar refractivity (Wildman–Crippen MR) is 98.5 cm³/mol. The summed E-state index contributed by atoms with van der Waals surface area (Å²) in [4.78, 5) is 16.7. The van der Waals surface area contributed by atoms with Crippen LogP contribution >= 0.6 is 0 Å². The van der Waals surface area contributed by atoms with Gasteiger partial charge in [-0.1, -0.05) is 5.16 Å². The van der Waals surface area contributed by atoms with Crippen molar-refractivity contribution in [2.75, 3.05) is 45.8 Å². The maximum atomic E-state index is 13.8. The van der Waals surface area contributed by atoms with Crippen molar-refractivity contribution in [2.24, 2.45) is 5.92 Å². The highest BCUT2D eigenvalue weighted by atomic mass is 19.1. The molecule has 1 atom stereocenters. The summed E-state index contributed by atoms with van der Waals surface area (Å²) in [6, 6.07) is 4.28. The number of hydrogen-bond acceptors (Lipinski definition) is 6. The Morgan fingerprint density at radius 1 is 1.48 bits per heavy atom. The number of likely N-dealkylation sites (tertiary alicyclic amines) is 1. The molecule has 1 unspecified atom stereocenters. The van der Waals surface area contributed by atoms with Gasteiger partial charge in [0.1, 0.15) is 5.56 Å². The van der Waals surface area contributed by atoms with Crippen LogP contribution in [0.4, 0.5) is 10.2 Å². The molecule has 1 amide bonds. The number of piperidine rings is 1. The Balaban J connectivity index is 2.03. The lowest BCUT2D eigenvalue weighted by Gasteiger charge is -2.32. The highest BCUT2D eigenvalue weighted by Crippen LogP contribution is 2.35. The van der Waals surface area contributed by atoms with Crippen LogP contribution in [-0.2, 0) is 0 Å². The fourth-order valence-electron chi connectivity index (χ4n) is 3.33. The topological polar surface area (TPSA) is 79.0 Å². The van der Waals surface area contributed by atoms with Crippen molar-refractivity contribution in [1.29, 1.82) is 0 Å². The quantitative estimate of drug-likeness (QED) is 0.862. The van der Waals surface area contributed by atoms with E-state index in [4.69, 9.17) is 9.26 Å². The molecule has 0 spiro atoms. The third-order valence-corrected chi connectivity index (χ3v) is 4.79. The number of amides is 1.